The summed E-state index contributed by atoms with van der Waals surface area (Å²) in [5, 5.41) is 13.9. The number of nitriles is 1. The number of guanidine groups is 1. The number of H-pyrrole nitrogens is 1. The summed E-state index contributed by atoms with van der Waals surface area (Å²) in [6, 6.07) is 0. The second-order valence-corrected chi connectivity index (χ2v) is 3.31. The topological polar surface area (TPSA) is 118 Å². The molecule has 0 aliphatic heterocycles. The van der Waals surface area contributed by atoms with E-state index in [1.165, 1.54) is 0 Å². The first kappa shape index (κ1) is 12.6. The van der Waals surface area contributed by atoms with Gasteiger partial charge in [0.1, 0.15) is 5.82 Å². The highest BCUT2D eigenvalue weighted by atomic mass is 15.2. The molecule has 17 heavy (non-hydrogen) atoms. The average Bonchev–Trinajstić information content (AvgIpc) is 2.74. The van der Waals surface area contributed by atoms with Crippen molar-refractivity contribution in [2.24, 2.45) is 4.99 Å². The van der Waals surface area contributed by atoms with E-state index in [2.05, 4.69) is 25.6 Å². The maximum atomic E-state index is 8.44. The van der Waals surface area contributed by atoms with Crippen LogP contribution in [0.1, 0.15) is 0 Å². The van der Waals surface area contributed by atoms with Crippen molar-refractivity contribution in [2.75, 3.05) is 37.8 Å². The number of nitrogens with one attached hydrogen (secondary N) is 3. The maximum absolute atomic E-state index is 8.44. The molecule has 0 fully saturated rings. The Balaban J connectivity index is 2.34. The predicted molar refractivity (Wildman–Crippen MR) is 66.4 cm³/mol. The number of aromatic amines is 1. The Hall–Kier alpha value is -2.43. The summed E-state index contributed by atoms with van der Waals surface area (Å²) >= 11 is 0. The molecule has 0 saturated heterocycles. The third-order valence-electron chi connectivity index (χ3n) is 2.13. The number of nitrogens with two attached hydrogens (primary N) is 1. The number of nitrogens with zero attached hydrogens (tertiary/aromatic N) is 4. The standard InChI is InChI=1S/C9H16N8/c1-12-9(15-6-10)13-3-4-17(2)7-5-14-8(11)16-7/h5H,3-4H2,1-2H3,(H3,11,14,16)(H2,12,13,15). The Morgan fingerprint density at radius 2 is 2.53 bits per heavy atom. The normalized spacial score (nSPS) is 10.8. The molecule has 1 rings (SSSR count). The molecule has 8 heteroatoms. The molecular formula is C9H16N8. The Kier molecular flexibility index (Phi) is 4.62. The molecular weight excluding hydrogens is 220 g/mol. The monoisotopic (exact) mass is 236 g/mol. The quantitative estimate of drug-likeness (QED) is 0.232. The van der Waals surface area contributed by atoms with Gasteiger partial charge in [0.25, 0.3) is 0 Å². The lowest BCUT2D eigenvalue weighted by atomic mass is 10.5. The Morgan fingerprint density at radius 1 is 1.76 bits per heavy atom. The van der Waals surface area contributed by atoms with Gasteiger partial charge in [0.15, 0.2) is 12.1 Å². The zero-order valence-electron chi connectivity index (χ0n) is 9.86. The van der Waals surface area contributed by atoms with E-state index in [0.29, 0.717) is 25.0 Å². The van der Waals surface area contributed by atoms with E-state index in [-0.39, 0.29) is 0 Å². The molecule has 0 atom stereocenters. The molecule has 0 amide bonds. The molecule has 1 heterocycles. The largest absolute Gasteiger partial charge is 0.369 e. The molecule has 0 aliphatic carbocycles. The summed E-state index contributed by atoms with van der Waals surface area (Å²) in [5.74, 6) is 1.68. The minimum atomic E-state index is 0.391. The van der Waals surface area contributed by atoms with Crippen LogP contribution >= 0.6 is 0 Å². The van der Waals surface area contributed by atoms with Crippen molar-refractivity contribution in [1.82, 2.24) is 20.6 Å². The van der Waals surface area contributed by atoms with Crippen molar-refractivity contribution in [3.63, 3.8) is 0 Å². The van der Waals surface area contributed by atoms with Crippen molar-refractivity contribution >= 4 is 17.7 Å². The minimum absolute atomic E-state index is 0.391. The minimum Gasteiger partial charge on any atom is -0.369 e. The first-order valence-corrected chi connectivity index (χ1v) is 5.04. The summed E-state index contributed by atoms with van der Waals surface area (Å²) < 4.78 is 0. The number of anilines is 2. The van der Waals surface area contributed by atoms with Crippen molar-refractivity contribution in [3.8, 4) is 6.19 Å². The number of likely N-dealkylation sites (N-methyl/N-ethyl adjacent to an activating group) is 1. The van der Waals surface area contributed by atoms with Crippen LogP contribution in [0, 0.1) is 11.5 Å². The van der Waals surface area contributed by atoms with Crippen LogP contribution in [0.3, 0.4) is 0 Å². The molecule has 0 bridgehead atoms. The van der Waals surface area contributed by atoms with Crippen LogP contribution in [-0.4, -0.2) is 43.1 Å². The van der Waals surface area contributed by atoms with Crippen LogP contribution in [0.4, 0.5) is 11.8 Å². The lowest BCUT2D eigenvalue weighted by Crippen LogP contribution is -2.39. The molecule has 1 aromatic rings. The Labute approximate surface area is 99.5 Å². The molecule has 0 unspecified atom stereocenters. The second kappa shape index (κ2) is 6.22. The fraction of sp³-hybridized carbons (Fsp3) is 0.444. The molecule has 0 spiro atoms. The van der Waals surface area contributed by atoms with Gasteiger partial charge in [0, 0.05) is 27.2 Å². The Bertz CT molecular complexity index is 415. The van der Waals surface area contributed by atoms with Crippen LogP contribution in [0.5, 0.6) is 0 Å². The lowest BCUT2D eigenvalue weighted by molar-refractivity contribution is 0.801. The van der Waals surface area contributed by atoms with E-state index in [1.807, 2.05) is 11.9 Å². The Morgan fingerprint density at radius 3 is 3.06 bits per heavy atom. The summed E-state index contributed by atoms with van der Waals surface area (Å²) in [6.45, 7) is 1.35. The predicted octanol–water partition coefficient (Wildman–Crippen LogP) is -0.926. The van der Waals surface area contributed by atoms with Gasteiger partial charge in [-0.1, -0.05) is 0 Å². The number of aromatic nitrogens is 2. The summed E-state index contributed by atoms with van der Waals surface area (Å²) in [7, 11) is 3.51. The van der Waals surface area contributed by atoms with E-state index in [9.17, 15) is 0 Å². The summed E-state index contributed by atoms with van der Waals surface area (Å²) in [5.41, 5.74) is 5.48. The van der Waals surface area contributed by atoms with E-state index in [4.69, 9.17) is 11.0 Å². The first-order chi connectivity index (χ1) is 8.17. The van der Waals surface area contributed by atoms with E-state index in [1.54, 1.807) is 19.4 Å². The van der Waals surface area contributed by atoms with Crippen molar-refractivity contribution < 1.29 is 0 Å². The van der Waals surface area contributed by atoms with Crippen LogP contribution in [0.2, 0.25) is 0 Å². The first-order valence-electron chi connectivity index (χ1n) is 5.04. The van der Waals surface area contributed by atoms with Gasteiger partial charge in [0.2, 0.25) is 5.96 Å². The van der Waals surface area contributed by atoms with Crippen LogP contribution in [0.25, 0.3) is 0 Å². The zero-order chi connectivity index (χ0) is 12.7. The highest BCUT2D eigenvalue weighted by Crippen LogP contribution is 2.08. The molecule has 0 radical (unpaired) electrons. The fourth-order valence-electron chi connectivity index (χ4n) is 1.22. The SMILES string of the molecule is CN=C(NC#N)NCCN(C)c1cnc(N)[nH]1. The highest BCUT2D eigenvalue weighted by molar-refractivity contribution is 5.80. The number of hydrogen-bond acceptors (Lipinski definition) is 5. The third kappa shape index (κ3) is 3.90. The van der Waals surface area contributed by atoms with E-state index in [0.717, 1.165) is 5.82 Å². The van der Waals surface area contributed by atoms with Gasteiger partial charge in [0.05, 0.1) is 6.20 Å². The number of rotatable bonds is 4. The smallest absolute Gasteiger partial charge is 0.204 e. The van der Waals surface area contributed by atoms with Crippen LogP contribution < -0.4 is 21.3 Å². The molecule has 5 N–H and O–H groups in total. The number of imidazole rings is 1. The number of nitrogen functional groups attached to an aromatic ring is 1. The van der Waals surface area contributed by atoms with Crippen molar-refractivity contribution in [2.45, 2.75) is 0 Å². The molecule has 8 nitrogen and oxygen atoms in total. The molecule has 0 aliphatic rings. The van der Waals surface area contributed by atoms with Gasteiger partial charge in [-0.05, 0) is 0 Å². The zero-order valence-corrected chi connectivity index (χ0v) is 9.86. The van der Waals surface area contributed by atoms with Crippen LogP contribution in [-0.2, 0) is 0 Å². The van der Waals surface area contributed by atoms with Crippen molar-refractivity contribution in [1.29, 1.82) is 5.26 Å². The summed E-state index contributed by atoms with van der Waals surface area (Å²) in [4.78, 5) is 12.6. The van der Waals surface area contributed by atoms with E-state index >= 15 is 0 Å². The van der Waals surface area contributed by atoms with Gasteiger partial charge >= 0.3 is 0 Å². The number of aliphatic imine (C=N–C) groups is 1. The lowest BCUT2D eigenvalue weighted by Gasteiger charge is -2.17. The second-order valence-electron chi connectivity index (χ2n) is 3.31. The molecule has 0 aromatic carbocycles. The average molecular weight is 236 g/mol. The third-order valence-corrected chi connectivity index (χ3v) is 2.13. The maximum Gasteiger partial charge on any atom is 0.204 e. The van der Waals surface area contributed by atoms with E-state index < -0.39 is 0 Å². The van der Waals surface area contributed by atoms with Gasteiger partial charge in [-0.15, -0.1) is 0 Å². The summed E-state index contributed by atoms with van der Waals surface area (Å²) in [6.07, 6.45) is 3.47. The van der Waals surface area contributed by atoms with Gasteiger partial charge in [-0.2, -0.15) is 5.26 Å². The van der Waals surface area contributed by atoms with Gasteiger partial charge in [-0.3, -0.25) is 10.3 Å². The number of hydrogen-bond donors (Lipinski definition) is 4. The van der Waals surface area contributed by atoms with Gasteiger partial charge < -0.3 is 20.9 Å². The highest BCUT2D eigenvalue weighted by Gasteiger charge is 2.03. The molecule has 1 aromatic heterocycles. The van der Waals surface area contributed by atoms with Crippen LogP contribution in [0.15, 0.2) is 11.2 Å². The van der Waals surface area contributed by atoms with Gasteiger partial charge in [-0.25, -0.2) is 4.98 Å². The molecule has 0 saturated carbocycles. The fourth-order valence-corrected chi connectivity index (χ4v) is 1.22. The van der Waals surface area contributed by atoms with Crippen molar-refractivity contribution in [3.05, 3.63) is 6.20 Å². The molecule has 92 valence electrons.